The van der Waals surface area contributed by atoms with E-state index in [1.54, 1.807) is 14.0 Å². The van der Waals surface area contributed by atoms with Gasteiger partial charge in [0.05, 0.1) is 18.9 Å². The highest BCUT2D eigenvalue weighted by molar-refractivity contribution is 6.09. The fraction of sp³-hybridized carbons (Fsp3) is 0.722. The van der Waals surface area contributed by atoms with Crippen LogP contribution in [0.15, 0.2) is 0 Å². The number of likely N-dealkylation sites (tertiary alicyclic amines) is 1. The Bertz CT molecular complexity index is 775. The molecule has 0 unspecified atom stereocenters. The first-order valence-corrected chi connectivity index (χ1v) is 9.40. The van der Waals surface area contributed by atoms with Gasteiger partial charge < -0.3 is 19.5 Å². The average Bonchev–Trinajstić information content (AvgIpc) is 3.16. The van der Waals surface area contributed by atoms with Crippen LogP contribution >= 0.6 is 0 Å². The Morgan fingerprint density at radius 2 is 1.75 bits per heavy atom. The smallest absolute Gasteiger partial charge is 0.475 e. The van der Waals surface area contributed by atoms with Crippen LogP contribution < -0.4 is 5.32 Å². The lowest BCUT2D eigenvalue weighted by Crippen LogP contribution is -2.57. The summed E-state index contributed by atoms with van der Waals surface area (Å²) in [5, 5.41) is 10.3. The van der Waals surface area contributed by atoms with Crippen LogP contribution in [0.4, 0.5) is 13.2 Å². The van der Waals surface area contributed by atoms with E-state index in [0.717, 1.165) is 4.90 Å². The van der Waals surface area contributed by atoms with Gasteiger partial charge in [-0.1, -0.05) is 6.92 Å². The number of hydrogen-bond acceptors (Lipinski definition) is 8. The van der Waals surface area contributed by atoms with Crippen molar-refractivity contribution in [3.8, 4) is 0 Å². The van der Waals surface area contributed by atoms with Gasteiger partial charge in [0.25, 0.3) is 0 Å². The molecule has 0 bridgehead atoms. The number of carbonyl (C=O) groups is 5. The van der Waals surface area contributed by atoms with E-state index in [0.29, 0.717) is 6.42 Å². The molecule has 0 aromatic rings. The maximum Gasteiger partial charge on any atom is 0.490 e. The lowest BCUT2D eigenvalue weighted by atomic mass is 9.78. The Morgan fingerprint density at radius 3 is 2.16 bits per heavy atom. The molecule has 4 atom stereocenters. The van der Waals surface area contributed by atoms with Crippen LogP contribution in [0.1, 0.15) is 13.3 Å². The minimum atomic E-state index is -5.08. The number of carbonyl (C=O) groups excluding carboxylic acids is 4. The Morgan fingerprint density at radius 1 is 1.22 bits per heavy atom. The van der Waals surface area contributed by atoms with Gasteiger partial charge in [0.1, 0.15) is 12.1 Å². The minimum absolute atomic E-state index is 0.0833. The normalized spacial score (nSPS) is 26.9. The number of alkyl halides is 3. The van der Waals surface area contributed by atoms with Crippen molar-refractivity contribution >= 4 is 29.7 Å². The maximum atomic E-state index is 12.6. The first-order chi connectivity index (χ1) is 14.7. The molecule has 11 nitrogen and oxygen atoms in total. The molecule has 0 aromatic carbocycles. The predicted molar refractivity (Wildman–Crippen MR) is 99.9 cm³/mol. The molecule has 32 heavy (non-hydrogen) atoms. The number of rotatable bonds is 6. The first-order valence-electron chi connectivity index (χ1n) is 9.40. The summed E-state index contributed by atoms with van der Waals surface area (Å²) in [6.45, 7) is 1.86. The Balaban J connectivity index is 0.000000633. The molecule has 3 amide bonds. The monoisotopic (exact) mass is 469 g/mol. The molecule has 2 aliphatic rings. The molecule has 2 N–H and O–H groups in total. The summed E-state index contributed by atoms with van der Waals surface area (Å²) in [5.74, 6) is -5.88. The number of methoxy groups -OCH3 is 2. The van der Waals surface area contributed by atoms with Gasteiger partial charge in [0.2, 0.25) is 17.7 Å². The number of aliphatic carboxylic acids is 1. The number of halogens is 3. The van der Waals surface area contributed by atoms with Gasteiger partial charge in [-0.15, -0.1) is 0 Å². The number of fused-ring (bicyclic) bond motifs is 1. The minimum Gasteiger partial charge on any atom is -0.475 e. The van der Waals surface area contributed by atoms with Crippen molar-refractivity contribution < 1.29 is 51.7 Å². The highest BCUT2D eigenvalue weighted by Crippen LogP contribution is 2.44. The SMILES string of the molecule is CC[C@@]1(C(=O)OC)N[C@H](CN(C)C(=O)COC)[C@@H]2C(=O)N(C)C(=O)[C@@H]21.O=C(O)C(F)(F)F. The molecule has 182 valence electrons. The number of ether oxygens (including phenoxy) is 2. The molecular weight excluding hydrogens is 443 g/mol. The number of esters is 1. The molecule has 0 spiro atoms. The number of amides is 3. The quantitative estimate of drug-likeness (QED) is 0.379. The molecule has 2 fully saturated rings. The van der Waals surface area contributed by atoms with Crippen molar-refractivity contribution in [1.29, 1.82) is 0 Å². The second kappa shape index (κ2) is 10.3. The third-order valence-corrected chi connectivity index (χ3v) is 5.49. The van der Waals surface area contributed by atoms with Gasteiger partial charge in [-0.05, 0) is 6.42 Å². The summed E-state index contributed by atoms with van der Waals surface area (Å²) < 4.78 is 41.5. The fourth-order valence-corrected chi connectivity index (χ4v) is 3.89. The average molecular weight is 469 g/mol. The fourth-order valence-electron chi connectivity index (χ4n) is 3.89. The van der Waals surface area contributed by atoms with Gasteiger partial charge in [0.15, 0.2) is 0 Å². The Hall–Kier alpha value is -2.74. The molecular formula is C18H26F3N3O8. The number of nitrogens with zero attached hydrogens (tertiary/aromatic N) is 2. The molecule has 0 saturated carbocycles. The second-order valence-electron chi connectivity index (χ2n) is 7.32. The van der Waals surface area contributed by atoms with E-state index in [-0.39, 0.29) is 25.0 Å². The highest BCUT2D eigenvalue weighted by Gasteiger charge is 2.67. The van der Waals surface area contributed by atoms with Crippen LogP contribution in [0.2, 0.25) is 0 Å². The molecule has 0 aliphatic carbocycles. The molecule has 14 heteroatoms. The van der Waals surface area contributed by atoms with E-state index >= 15 is 0 Å². The molecule has 2 saturated heterocycles. The van der Waals surface area contributed by atoms with Gasteiger partial charge in [-0.25, -0.2) is 4.79 Å². The van der Waals surface area contributed by atoms with E-state index in [9.17, 15) is 32.3 Å². The van der Waals surface area contributed by atoms with E-state index in [1.165, 1.54) is 26.2 Å². The van der Waals surface area contributed by atoms with Gasteiger partial charge in [-0.3, -0.25) is 29.4 Å². The van der Waals surface area contributed by atoms with Crippen molar-refractivity contribution in [1.82, 2.24) is 15.1 Å². The van der Waals surface area contributed by atoms with Gasteiger partial charge >= 0.3 is 18.1 Å². The van der Waals surface area contributed by atoms with Crippen molar-refractivity contribution in [2.45, 2.75) is 31.1 Å². The van der Waals surface area contributed by atoms with Crippen molar-refractivity contribution in [3.63, 3.8) is 0 Å². The van der Waals surface area contributed by atoms with Gasteiger partial charge in [-0.2, -0.15) is 13.2 Å². The lowest BCUT2D eigenvalue weighted by molar-refractivity contribution is -0.192. The first kappa shape index (κ1) is 27.3. The van der Waals surface area contributed by atoms with Crippen LogP contribution in [0.25, 0.3) is 0 Å². The molecule has 0 radical (unpaired) electrons. The Labute approximate surface area is 181 Å². The molecule has 0 aromatic heterocycles. The summed E-state index contributed by atoms with van der Waals surface area (Å²) >= 11 is 0. The van der Waals surface area contributed by atoms with E-state index in [2.05, 4.69) is 5.32 Å². The summed E-state index contributed by atoms with van der Waals surface area (Å²) in [4.78, 5) is 61.0. The lowest BCUT2D eigenvalue weighted by Gasteiger charge is -2.31. The van der Waals surface area contributed by atoms with Crippen molar-refractivity contribution in [2.24, 2.45) is 11.8 Å². The second-order valence-corrected chi connectivity index (χ2v) is 7.32. The zero-order chi connectivity index (χ0) is 25.0. The number of nitrogens with one attached hydrogen (secondary N) is 1. The van der Waals surface area contributed by atoms with E-state index < -0.39 is 47.4 Å². The standard InChI is InChI=1S/C16H25N3O6.C2HF3O2/c1-6-16(15(23)25-5)12-11(13(21)19(3)14(12)22)9(17-16)7-18(2)10(20)8-24-4;3-2(4,5)1(6)7/h9,11-12,17H,6-8H2,1-5H3;(H,6,7)/t9-,11+,12-,16-;/m1./s1. The summed E-state index contributed by atoms with van der Waals surface area (Å²) in [6.07, 6.45) is -4.79. The number of imide groups is 1. The summed E-state index contributed by atoms with van der Waals surface area (Å²) in [5.41, 5.74) is -1.27. The van der Waals surface area contributed by atoms with Crippen molar-refractivity contribution in [3.05, 3.63) is 0 Å². The van der Waals surface area contributed by atoms with Crippen LogP contribution in [-0.4, -0.2) is 104 Å². The maximum absolute atomic E-state index is 12.6. The summed E-state index contributed by atoms with van der Waals surface area (Å²) in [6, 6.07) is -0.531. The topological polar surface area (TPSA) is 143 Å². The van der Waals surface area contributed by atoms with E-state index in [1.807, 2.05) is 0 Å². The van der Waals surface area contributed by atoms with Crippen LogP contribution in [0, 0.1) is 11.8 Å². The summed E-state index contributed by atoms with van der Waals surface area (Å²) in [7, 11) is 5.68. The number of carboxylic acids is 1. The largest absolute Gasteiger partial charge is 0.490 e. The molecule has 2 rings (SSSR count). The highest BCUT2D eigenvalue weighted by atomic mass is 19.4. The molecule has 2 aliphatic heterocycles. The van der Waals surface area contributed by atoms with Crippen LogP contribution in [0.5, 0.6) is 0 Å². The van der Waals surface area contributed by atoms with Crippen LogP contribution in [-0.2, 0) is 33.4 Å². The number of carboxylic acid groups (broad SMARTS) is 1. The molecule has 2 heterocycles. The predicted octanol–water partition coefficient (Wildman–Crippen LogP) is -0.751. The zero-order valence-electron chi connectivity index (χ0n) is 18.2. The number of hydrogen-bond donors (Lipinski definition) is 2. The van der Waals surface area contributed by atoms with Crippen molar-refractivity contribution in [2.75, 3.05) is 41.5 Å². The van der Waals surface area contributed by atoms with Gasteiger partial charge in [0, 0.05) is 33.8 Å². The van der Waals surface area contributed by atoms with E-state index in [4.69, 9.17) is 19.4 Å². The third-order valence-electron chi connectivity index (χ3n) is 5.49. The van der Waals surface area contributed by atoms with Crippen LogP contribution in [0.3, 0.4) is 0 Å². The zero-order valence-corrected chi connectivity index (χ0v) is 18.2. The Kier molecular flexibility index (Phi) is 8.74. The number of likely N-dealkylation sites (N-methyl/N-ethyl adjacent to an activating group) is 1. The third kappa shape index (κ3) is 5.18.